The molecule has 0 saturated carbocycles. The number of halogens is 3. The summed E-state index contributed by atoms with van der Waals surface area (Å²) in [4.78, 5) is 3.97. The highest BCUT2D eigenvalue weighted by atomic mass is 79.9. The van der Waals surface area contributed by atoms with Crippen LogP contribution < -0.4 is 5.32 Å². The second-order valence-electron chi connectivity index (χ2n) is 3.46. The Hall–Kier alpha value is -1.13. The Bertz CT molecular complexity index is 534. The Labute approximate surface area is 112 Å². The third-order valence-corrected chi connectivity index (χ3v) is 3.17. The van der Waals surface area contributed by atoms with E-state index in [1.807, 2.05) is 0 Å². The summed E-state index contributed by atoms with van der Waals surface area (Å²) >= 11 is 9.12. The zero-order chi connectivity index (χ0) is 12.3. The van der Waals surface area contributed by atoms with Crippen LogP contribution in [0.2, 0.25) is 5.02 Å². The summed E-state index contributed by atoms with van der Waals surface area (Å²) in [5, 5.41) is 3.75. The molecule has 2 rings (SSSR count). The number of rotatable bonds is 3. The number of anilines is 1. The molecule has 2 nitrogen and oxygen atoms in total. The van der Waals surface area contributed by atoms with Crippen LogP contribution in [-0.2, 0) is 6.54 Å². The molecule has 1 aromatic heterocycles. The molecule has 0 aliphatic rings. The number of hydrogen-bond acceptors (Lipinski definition) is 2. The zero-order valence-electron chi connectivity index (χ0n) is 8.75. The van der Waals surface area contributed by atoms with Crippen LogP contribution in [0.3, 0.4) is 0 Å². The summed E-state index contributed by atoms with van der Waals surface area (Å²) < 4.78 is 13.5. The maximum Gasteiger partial charge on any atom is 0.137 e. The first-order valence-corrected chi connectivity index (χ1v) is 6.11. The molecule has 5 heteroatoms. The van der Waals surface area contributed by atoms with Crippen LogP contribution in [-0.4, -0.2) is 4.98 Å². The van der Waals surface area contributed by atoms with E-state index in [-0.39, 0.29) is 5.82 Å². The molecule has 0 unspecified atom stereocenters. The van der Waals surface area contributed by atoms with Gasteiger partial charge in [0.15, 0.2) is 0 Å². The van der Waals surface area contributed by atoms with Crippen molar-refractivity contribution in [2.45, 2.75) is 6.54 Å². The van der Waals surface area contributed by atoms with Gasteiger partial charge in [-0.15, -0.1) is 0 Å². The van der Waals surface area contributed by atoms with E-state index >= 15 is 0 Å². The second-order valence-corrected chi connectivity index (χ2v) is 4.72. The molecule has 1 heterocycles. The van der Waals surface area contributed by atoms with Gasteiger partial charge in [-0.1, -0.05) is 17.7 Å². The fourth-order valence-electron chi connectivity index (χ4n) is 1.35. The number of hydrogen-bond donors (Lipinski definition) is 1. The van der Waals surface area contributed by atoms with E-state index < -0.39 is 0 Å². The average Bonchev–Trinajstić information content (AvgIpc) is 2.32. The molecule has 0 radical (unpaired) electrons. The molecule has 88 valence electrons. The molecule has 0 amide bonds. The molecule has 0 saturated heterocycles. The highest BCUT2D eigenvalue weighted by Gasteiger charge is 2.02. The van der Waals surface area contributed by atoms with Crippen LogP contribution in [0.4, 0.5) is 10.1 Å². The molecular formula is C12H9BrClFN2. The fourth-order valence-corrected chi connectivity index (χ4v) is 1.95. The predicted octanol–water partition coefficient (Wildman–Crippen LogP) is 4.25. The Morgan fingerprint density at radius 1 is 1.35 bits per heavy atom. The van der Waals surface area contributed by atoms with Crippen LogP contribution in [0.5, 0.6) is 0 Å². The smallest absolute Gasteiger partial charge is 0.137 e. The topological polar surface area (TPSA) is 24.9 Å². The van der Waals surface area contributed by atoms with E-state index in [0.717, 1.165) is 11.3 Å². The van der Waals surface area contributed by atoms with Gasteiger partial charge in [0.05, 0.1) is 21.4 Å². The molecule has 0 atom stereocenters. The summed E-state index contributed by atoms with van der Waals surface area (Å²) in [6, 6.07) is 6.58. The quantitative estimate of drug-likeness (QED) is 0.916. The lowest BCUT2D eigenvalue weighted by Crippen LogP contribution is -2.00. The molecule has 0 fully saturated rings. The standard InChI is InChI=1S/C12H9BrClFN2/c13-9-5-8(1-2-11(9)15)6-17-12-7-16-4-3-10(12)14/h1-5,7,17H,6H2. The van der Waals surface area contributed by atoms with Crippen LogP contribution >= 0.6 is 27.5 Å². The Kier molecular flexibility index (Phi) is 3.97. The minimum atomic E-state index is -0.270. The first-order valence-electron chi connectivity index (χ1n) is 4.94. The number of nitrogens with one attached hydrogen (secondary N) is 1. The fraction of sp³-hybridized carbons (Fsp3) is 0.0833. The van der Waals surface area contributed by atoms with Gasteiger partial charge in [-0.25, -0.2) is 4.39 Å². The zero-order valence-corrected chi connectivity index (χ0v) is 11.1. The Balaban J connectivity index is 2.08. The highest BCUT2D eigenvalue weighted by Crippen LogP contribution is 2.21. The molecular weight excluding hydrogens is 307 g/mol. The van der Waals surface area contributed by atoms with Crippen molar-refractivity contribution in [3.63, 3.8) is 0 Å². The minimum absolute atomic E-state index is 0.270. The Morgan fingerprint density at radius 2 is 2.18 bits per heavy atom. The van der Waals surface area contributed by atoms with Gasteiger partial charge in [0.2, 0.25) is 0 Å². The highest BCUT2D eigenvalue weighted by molar-refractivity contribution is 9.10. The number of nitrogens with zero attached hydrogens (tertiary/aromatic N) is 1. The van der Waals surface area contributed by atoms with E-state index in [9.17, 15) is 4.39 Å². The lowest BCUT2D eigenvalue weighted by Gasteiger charge is -2.08. The normalized spacial score (nSPS) is 10.3. The van der Waals surface area contributed by atoms with Crippen molar-refractivity contribution in [2.24, 2.45) is 0 Å². The third kappa shape index (κ3) is 3.17. The van der Waals surface area contributed by atoms with Gasteiger partial charge in [0, 0.05) is 12.7 Å². The maximum atomic E-state index is 13.0. The van der Waals surface area contributed by atoms with E-state index in [1.54, 1.807) is 30.6 Å². The van der Waals surface area contributed by atoms with E-state index in [1.165, 1.54) is 6.07 Å². The number of aromatic nitrogens is 1. The predicted molar refractivity (Wildman–Crippen MR) is 70.7 cm³/mol. The first-order chi connectivity index (χ1) is 8.16. The van der Waals surface area contributed by atoms with Gasteiger partial charge in [0.1, 0.15) is 5.82 Å². The summed E-state index contributed by atoms with van der Waals surface area (Å²) in [5.74, 6) is -0.270. The molecule has 17 heavy (non-hydrogen) atoms. The summed E-state index contributed by atoms with van der Waals surface area (Å²) in [7, 11) is 0. The van der Waals surface area contributed by atoms with E-state index in [4.69, 9.17) is 11.6 Å². The van der Waals surface area contributed by atoms with Gasteiger partial charge in [0.25, 0.3) is 0 Å². The maximum absolute atomic E-state index is 13.0. The first kappa shape index (κ1) is 12.3. The third-order valence-electron chi connectivity index (χ3n) is 2.23. The van der Waals surface area contributed by atoms with Crippen molar-refractivity contribution in [3.05, 3.63) is 57.5 Å². The van der Waals surface area contributed by atoms with Crippen molar-refractivity contribution in [2.75, 3.05) is 5.32 Å². The molecule has 1 aromatic carbocycles. The molecule has 1 N–H and O–H groups in total. The number of pyridine rings is 1. The van der Waals surface area contributed by atoms with Crippen molar-refractivity contribution < 1.29 is 4.39 Å². The summed E-state index contributed by atoms with van der Waals surface area (Å²) in [6.07, 6.45) is 3.28. The van der Waals surface area contributed by atoms with E-state index in [2.05, 4.69) is 26.2 Å². The summed E-state index contributed by atoms with van der Waals surface area (Å²) in [6.45, 7) is 0.560. The van der Waals surface area contributed by atoms with Crippen molar-refractivity contribution in [1.29, 1.82) is 0 Å². The van der Waals surface area contributed by atoms with Gasteiger partial charge in [-0.2, -0.15) is 0 Å². The van der Waals surface area contributed by atoms with Gasteiger partial charge < -0.3 is 5.32 Å². The van der Waals surface area contributed by atoms with Crippen LogP contribution in [0, 0.1) is 5.82 Å². The molecule has 0 spiro atoms. The van der Waals surface area contributed by atoms with Crippen molar-refractivity contribution in [1.82, 2.24) is 4.98 Å². The molecule has 0 bridgehead atoms. The Morgan fingerprint density at radius 3 is 2.88 bits per heavy atom. The van der Waals surface area contributed by atoms with Gasteiger partial charge in [-0.05, 0) is 39.7 Å². The molecule has 0 aliphatic heterocycles. The largest absolute Gasteiger partial charge is 0.379 e. The molecule has 0 aliphatic carbocycles. The lowest BCUT2D eigenvalue weighted by atomic mass is 10.2. The van der Waals surface area contributed by atoms with Crippen LogP contribution in [0.1, 0.15) is 5.56 Å². The lowest BCUT2D eigenvalue weighted by molar-refractivity contribution is 0.620. The van der Waals surface area contributed by atoms with Crippen molar-refractivity contribution >= 4 is 33.2 Å². The minimum Gasteiger partial charge on any atom is -0.379 e. The van der Waals surface area contributed by atoms with Gasteiger partial charge in [-0.3, -0.25) is 4.98 Å². The van der Waals surface area contributed by atoms with Crippen molar-refractivity contribution in [3.8, 4) is 0 Å². The van der Waals surface area contributed by atoms with Gasteiger partial charge >= 0.3 is 0 Å². The van der Waals surface area contributed by atoms with Crippen LogP contribution in [0.25, 0.3) is 0 Å². The number of benzene rings is 1. The van der Waals surface area contributed by atoms with Crippen LogP contribution in [0.15, 0.2) is 41.1 Å². The SMILES string of the molecule is Fc1ccc(CNc2cnccc2Cl)cc1Br. The van der Waals surface area contributed by atoms with E-state index in [0.29, 0.717) is 16.0 Å². The average molecular weight is 316 g/mol. The second kappa shape index (κ2) is 5.47. The monoisotopic (exact) mass is 314 g/mol. The summed E-state index contributed by atoms with van der Waals surface area (Å²) in [5.41, 5.74) is 1.72. The molecule has 2 aromatic rings.